The van der Waals surface area contributed by atoms with E-state index in [4.69, 9.17) is 0 Å². The van der Waals surface area contributed by atoms with Crippen LogP contribution in [0.1, 0.15) is 0 Å². The second-order valence-electron chi connectivity index (χ2n) is 3.93. The van der Waals surface area contributed by atoms with Crippen molar-refractivity contribution < 1.29 is 16.8 Å². The molecule has 0 aliphatic heterocycles. The van der Waals surface area contributed by atoms with E-state index in [1.165, 1.54) is 36.0 Å². The lowest BCUT2D eigenvalue weighted by atomic mass is 10.4. The Balaban J connectivity index is 2.27. The minimum atomic E-state index is -3.82. The fourth-order valence-electron chi connectivity index (χ4n) is 1.37. The van der Waals surface area contributed by atoms with Gasteiger partial charge in [0.2, 0.25) is 5.13 Å². The number of anilines is 1. The minimum Gasteiger partial charge on any atom is -0.253 e. The first-order valence-corrected chi connectivity index (χ1v) is 10.8. The summed E-state index contributed by atoms with van der Waals surface area (Å²) in [5.41, 5.74) is 0. The van der Waals surface area contributed by atoms with Crippen LogP contribution in [0.15, 0.2) is 38.4 Å². The van der Waals surface area contributed by atoms with Crippen molar-refractivity contribution in [3.63, 3.8) is 0 Å². The molecular formula is C10H11N3O4S4. The highest BCUT2D eigenvalue weighted by atomic mass is 32.2. The first kappa shape index (κ1) is 16.2. The molecule has 1 N–H and O–H groups in total. The molecule has 0 bridgehead atoms. The molecule has 21 heavy (non-hydrogen) atoms. The molecule has 7 nitrogen and oxygen atoms in total. The molecule has 0 aliphatic carbocycles. The summed E-state index contributed by atoms with van der Waals surface area (Å²) < 4.78 is 49.9. The molecule has 0 unspecified atom stereocenters. The van der Waals surface area contributed by atoms with Crippen molar-refractivity contribution in [2.75, 3.05) is 17.2 Å². The molecule has 0 spiro atoms. The average molecular weight is 365 g/mol. The number of sulfone groups is 1. The van der Waals surface area contributed by atoms with E-state index in [0.29, 0.717) is 4.34 Å². The standard InChI is InChI=1S/C10H11N3O4S4/c1-18-10-12-11-9(19-10)13-21(16,17)8-5-3-7(4-6-8)20(2,14)15/h3-6H,1-2H3,(H,11,13). The van der Waals surface area contributed by atoms with Gasteiger partial charge in [-0.25, -0.2) is 16.8 Å². The maximum atomic E-state index is 12.1. The zero-order valence-corrected chi connectivity index (χ0v) is 14.2. The molecule has 114 valence electrons. The number of benzene rings is 1. The van der Waals surface area contributed by atoms with Gasteiger partial charge in [-0.2, -0.15) is 0 Å². The molecular weight excluding hydrogens is 354 g/mol. The van der Waals surface area contributed by atoms with Crippen molar-refractivity contribution in [3.05, 3.63) is 24.3 Å². The van der Waals surface area contributed by atoms with Crippen LogP contribution >= 0.6 is 23.1 Å². The molecule has 2 rings (SSSR count). The zero-order chi connectivity index (χ0) is 15.7. The molecule has 1 aromatic heterocycles. The molecule has 0 amide bonds. The normalized spacial score (nSPS) is 12.3. The summed E-state index contributed by atoms with van der Waals surface area (Å²) in [4.78, 5) is 0.0119. The minimum absolute atomic E-state index is 0.0456. The zero-order valence-electron chi connectivity index (χ0n) is 11.0. The Bertz CT molecular complexity index is 841. The average Bonchev–Trinajstić information content (AvgIpc) is 2.85. The van der Waals surface area contributed by atoms with Crippen molar-refractivity contribution in [2.45, 2.75) is 14.1 Å². The highest BCUT2D eigenvalue weighted by Crippen LogP contribution is 2.25. The maximum absolute atomic E-state index is 12.1. The fraction of sp³-hybridized carbons (Fsp3) is 0.200. The Morgan fingerprint density at radius 2 is 1.62 bits per heavy atom. The third kappa shape index (κ3) is 3.93. The lowest BCUT2D eigenvalue weighted by Gasteiger charge is -2.05. The van der Waals surface area contributed by atoms with Gasteiger partial charge in [0.05, 0.1) is 9.79 Å². The molecule has 0 fully saturated rings. The summed E-state index contributed by atoms with van der Waals surface area (Å²) in [5, 5.41) is 7.66. The van der Waals surface area contributed by atoms with Gasteiger partial charge in [-0.1, -0.05) is 23.1 Å². The largest absolute Gasteiger partial charge is 0.263 e. The van der Waals surface area contributed by atoms with Gasteiger partial charge in [-0.05, 0) is 30.5 Å². The van der Waals surface area contributed by atoms with E-state index in [2.05, 4.69) is 14.9 Å². The number of nitrogens with one attached hydrogen (secondary N) is 1. The predicted octanol–water partition coefficient (Wildman–Crippen LogP) is 1.46. The summed E-state index contributed by atoms with van der Waals surface area (Å²) in [6.07, 6.45) is 2.86. The van der Waals surface area contributed by atoms with Gasteiger partial charge in [0.1, 0.15) is 0 Å². The van der Waals surface area contributed by atoms with Gasteiger partial charge in [-0.15, -0.1) is 10.2 Å². The number of nitrogens with zero attached hydrogens (tertiary/aromatic N) is 2. The van der Waals surface area contributed by atoms with Crippen molar-refractivity contribution in [3.8, 4) is 0 Å². The number of thioether (sulfide) groups is 1. The van der Waals surface area contributed by atoms with Crippen LogP contribution in [-0.2, 0) is 19.9 Å². The number of hydrogen-bond donors (Lipinski definition) is 1. The molecule has 1 aromatic carbocycles. The Morgan fingerprint density at radius 3 is 2.10 bits per heavy atom. The fourth-order valence-corrected chi connectivity index (χ4v) is 4.40. The number of aromatic nitrogens is 2. The first-order chi connectivity index (χ1) is 9.72. The lowest BCUT2D eigenvalue weighted by molar-refractivity contribution is 0.597. The molecule has 11 heteroatoms. The summed E-state index contributed by atoms with van der Waals surface area (Å²) in [7, 11) is -7.18. The Labute approximate surface area is 130 Å². The summed E-state index contributed by atoms with van der Waals surface area (Å²) in [5.74, 6) is 0. The molecule has 0 aliphatic rings. The van der Waals surface area contributed by atoms with Gasteiger partial charge >= 0.3 is 0 Å². The number of sulfonamides is 1. The molecule has 1 heterocycles. The van der Waals surface area contributed by atoms with Gasteiger partial charge < -0.3 is 0 Å². The van der Waals surface area contributed by atoms with E-state index in [9.17, 15) is 16.8 Å². The van der Waals surface area contributed by atoms with E-state index in [-0.39, 0.29) is 14.9 Å². The van der Waals surface area contributed by atoms with Crippen LogP contribution in [0.3, 0.4) is 0 Å². The molecule has 0 saturated carbocycles. The SMILES string of the molecule is CSc1nnc(NS(=O)(=O)c2ccc(S(C)(=O)=O)cc2)s1. The Morgan fingerprint density at radius 1 is 1.05 bits per heavy atom. The first-order valence-electron chi connectivity index (χ1n) is 5.43. The van der Waals surface area contributed by atoms with Crippen LogP contribution in [0.5, 0.6) is 0 Å². The number of rotatable bonds is 5. The van der Waals surface area contributed by atoms with Crippen molar-refractivity contribution in [1.82, 2.24) is 10.2 Å². The van der Waals surface area contributed by atoms with Crippen LogP contribution in [0, 0.1) is 0 Å². The van der Waals surface area contributed by atoms with Gasteiger partial charge in [0, 0.05) is 6.26 Å². The van der Waals surface area contributed by atoms with Gasteiger partial charge in [0.25, 0.3) is 10.0 Å². The Hall–Kier alpha value is -1.17. The molecule has 0 atom stereocenters. The molecule has 0 saturated heterocycles. The van der Waals surface area contributed by atoms with Crippen LogP contribution in [0.25, 0.3) is 0 Å². The van der Waals surface area contributed by atoms with Gasteiger partial charge in [0.15, 0.2) is 14.2 Å². The lowest BCUT2D eigenvalue weighted by Crippen LogP contribution is -2.13. The third-order valence-corrected chi connectivity index (χ3v) is 6.79. The van der Waals surface area contributed by atoms with Crippen LogP contribution in [0.2, 0.25) is 0 Å². The topological polar surface area (TPSA) is 106 Å². The van der Waals surface area contributed by atoms with Crippen LogP contribution in [0.4, 0.5) is 5.13 Å². The monoisotopic (exact) mass is 365 g/mol. The van der Waals surface area contributed by atoms with Crippen molar-refractivity contribution in [2.24, 2.45) is 0 Å². The number of hydrogen-bond acceptors (Lipinski definition) is 8. The predicted molar refractivity (Wildman–Crippen MR) is 82.1 cm³/mol. The van der Waals surface area contributed by atoms with E-state index >= 15 is 0 Å². The van der Waals surface area contributed by atoms with E-state index in [1.54, 1.807) is 0 Å². The summed E-state index contributed by atoms with van der Waals surface area (Å²) >= 11 is 2.48. The summed E-state index contributed by atoms with van der Waals surface area (Å²) in [6.45, 7) is 0. The van der Waals surface area contributed by atoms with Gasteiger partial charge in [-0.3, -0.25) is 4.72 Å². The van der Waals surface area contributed by atoms with E-state index in [0.717, 1.165) is 17.6 Å². The van der Waals surface area contributed by atoms with Crippen molar-refractivity contribution >= 4 is 48.1 Å². The van der Waals surface area contributed by atoms with Crippen LogP contribution in [-0.4, -0.2) is 39.5 Å². The highest BCUT2D eigenvalue weighted by Gasteiger charge is 2.18. The van der Waals surface area contributed by atoms with E-state index in [1.807, 2.05) is 6.26 Å². The smallest absolute Gasteiger partial charge is 0.253 e. The third-order valence-electron chi connectivity index (χ3n) is 2.36. The highest BCUT2D eigenvalue weighted by molar-refractivity contribution is 8.00. The Kier molecular flexibility index (Phi) is 4.56. The van der Waals surface area contributed by atoms with E-state index < -0.39 is 19.9 Å². The quantitative estimate of drug-likeness (QED) is 0.800. The second-order valence-corrected chi connectivity index (χ2v) is 9.66. The van der Waals surface area contributed by atoms with Crippen LogP contribution < -0.4 is 4.72 Å². The second kappa shape index (κ2) is 5.91. The molecule has 0 radical (unpaired) electrons. The molecule has 2 aromatic rings. The summed E-state index contributed by atoms with van der Waals surface area (Å²) in [6, 6.07) is 4.96. The maximum Gasteiger partial charge on any atom is 0.263 e. The van der Waals surface area contributed by atoms with Crippen molar-refractivity contribution in [1.29, 1.82) is 0 Å².